The highest BCUT2D eigenvalue weighted by molar-refractivity contribution is 9.10. The molecule has 0 spiro atoms. The van der Waals surface area contributed by atoms with E-state index in [1.54, 1.807) is 48.5 Å². The van der Waals surface area contributed by atoms with Gasteiger partial charge < -0.3 is 10.6 Å². The number of carbonyl (C=O) groups is 2. The number of rotatable bonds is 7. The van der Waals surface area contributed by atoms with E-state index in [9.17, 15) is 18.0 Å². The fraction of sp³-hybridized carbons (Fsp3) is 0.0476. The molecule has 0 unspecified atom stereocenters. The molecule has 0 saturated carbocycles. The van der Waals surface area contributed by atoms with Gasteiger partial charge in [0.05, 0.1) is 17.1 Å². The minimum atomic E-state index is -3.77. The summed E-state index contributed by atoms with van der Waals surface area (Å²) in [4.78, 5) is 24.3. The van der Waals surface area contributed by atoms with Crippen LogP contribution in [0.2, 0.25) is 0 Å². The van der Waals surface area contributed by atoms with Gasteiger partial charge in [0, 0.05) is 15.7 Å². The lowest BCUT2D eigenvalue weighted by Gasteiger charge is -2.10. The second kappa shape index (κ2) is 9.55. The fourth-order valence-corrected chi connectivity index (χ4v) is 3.97. The van der Waals surface area contributed by atoms with Crippen molar-refractivity contribution >= 4 is 49.1 Å². The maximum absolute atomic E-state index is 12.4. The van der Waals surface area contributed by atoms with E-state index in [-0.39, 0.29) is 22.9 Å². The Labute approximate surface area is 182 Å². The molecule has 0 aliphatic carbocycles. The maximum atomic E-state index is 12.4. The van der Waals surface area contributed by atoms with Crippen molar-refractivity contribution in [3.63, 3.8) is 0 Å². The van der Waals surface area contributed by atoms with Crippen LogP contribution < -0.4 is 15.4 Å². The quantitative estimate of drug-likeness (QED) is 0.473. The van der Waals surface area contributed by atoms with Crippen molar-refractivity contribution in [2.24, 2.45) is 0 Å². The monoisotopic (exact) mass is 487 g/mol. The average Bonchev–Trinajstić information content (AvgIpc) is 2.74. The first-order valence-corrected chi connectivity index (χ1v) is 11.1. The first-order chi connectivity index (χ1) is 14.3. The van der Waals surface area contributed by atoms with Crippen LogP contribution >= 0.6 is 15.9 Å². The zero-order chi connectivity index (χ0) is 21.6. The van der Waals surface area contributed by atoms with Gasteiger partial charge in [0.15, 0.2) is 0 Å². The Balaban J connectivity index is 1.58. The molecule has 7 nitrogen and oxygen atoms in total. The first-order valence-electron chi connectivity index (χ1n) is 8.86. The lowest BCUT2D eigenvalue weighted by atomic mass is 10.2. The van der Waals surface area contributed by atoms with Gasteiger partial charge in [-0.05, 0) is 64.5 Å². The van der Waals surface area contributed by atoms with Crippen LogP contribution in [0, 0.1) is 0 Å². The number of para-hydroxylation sites is 2. The minimum Gasteiger partial charge on any atom is -0.343 e. The van der Waals surface area contributed by atoms with Crippen molar-refractivity contribution in [2.45, 2.75) is 4.90 Å². The minimum absolute atomic E-state index is 0.0228. The molecule has 0 bridgehead atoms. The molecule has 0 radical (unpaired) electrons. The van der Waals surface area contributed by atoms with Gasteiger partial charge in [-0.25, -0.2) is 8.42 Å². The van der Waals surface area contributed by atoms with Crippen LogP contribution in [0.4, 0.5) is 11.4 Å². The van der Waals surface area contributed by atoms with E-state index < -0.39 is 15.9 Å². The third-order valence-electron chi connectivity index (χ3n) is 4.01. The number of hydrogen-bond donors (Lipinski definition) is 3. The third-order valence-corrected chi connectivity index (χ3v) is 6.10. The summed E-state index contributed by atoms with van der Waals surface area (Å²) in [6, 6.07) is 21.1. The number of amides is 2. The van der Waals surface area contributed by atoms with E-state index in [1.807, 2.05) is 6.07 Å². The van der Waals surface area contributed by atoms with Crippen LogP contribution in [0.3, 0.4) is 0 Å². The highest BCUT2D eigenvalue weighted by Crippen LogP contribution is 2.21. The molecule has 0 heterocycles. The smallest absolute Gasteiger partial charge is 0.261 e. The molecular formula is C21H18BrN3O4S. The van der Waals surface area contributed by atoms with Crippen LogP contribution in [0.15, 0.2) is 88.2 Å². The molecule has 3 N–H and O–H groups in total. The summed E-state index contributed by atoms with van der Waals surface area (Å²) in [5.41, 5.74) is 1.27. The molecule has 0 fully saturated rings. The number of carbonyl (C=O) groups excluding carboxylic acids is 2. The van der Waals surface area contributed by atoms with Gasteiger partial charge in [-0.15, -0.1) is 0 Å². The Morgan fingerprint density at radius 2 is 1.47 bits per heavy atom. The number of sulfonamides is 1. The molecule has 154 valence electrons. The summed E-state index contributed by atoms with van der Waals surface area (Å²) in [5, 5.41) is 5.19. The molecular weight excluding hydrogens is 470 g/mol. The van der Waals surface area contributed by atoms with Crippen LogP contribution in [0.25, 0.3) is 0 Å². The van der Waals surface area contributed by atoms with Crippen molar-refractivity contribution in [1.82, 2.24) is 5.32 Å². The van der Waals surface area contributed by atoms with Crippen LogP contribution in [-0.4, -0.2) is 26.8 Å². The summed E-state index contributed by atoms with van der Waals surface area (Å²) in [6.45, 7) is -0.226. The van der Waals surface area contributed by atoms with E-state index in [1.165, 1.54) is 24.3 Å². The molecule has 3 aromatic rings. The molecule has 0 aliphatic rings. The zero-order valence-corrected chi connectivity index (χ0v) is 18.0. The lowest BCUT2D eigenvalue weighted by Crippen LogP contribution is -2.32. The number of hydrogen-bond acceptors (Lipinski definition) is 4. The second-order valence-electron chi connectivity index (χ2n) is 6.21. The normalized spacial score (nSPS) is 10.8. The van der Waals surface area contributed by atoms with Gasteiger partial charge >= 0.3 is 0 Å². The number of anilines is 2. The van der Waals surface area contributed by atoms with E-state index in [0.29, 0.717) is 11.4 Å². The van der Waals surface area contributed by atoms with Crippen molar-refractivity contribution in [3.05, 3.63) is 88.9 Å². The Hall–Kier alpha value is -3.17. The van der Waals surface area contributed by atoms with Crippen LogP contribution in [-0.2, 0) is 14.8 Å². The topological polar surface area (TPSA) is 104 Å². The highest BCUT2D eigenvalue weighted by atomic mass is 79.9. The van der Waals surface area contributed by atoms with Gasteiger partial charge in [0.2, 0.25) is 5.91 Å². The van der Waals surface area contributed by atoms with E-state index >= 15 is 0 Å². The third kappa shape index (κ3) is 5.68. The predicted molar refractivity (Wildman–Crippen MR) is 119 cm³/mol. The molecule has 0 aromatic heterocycles. The molecule has 3 aromatic carbocycles. The maximum Gasteiger partial charge on any atom is 0.261 e. The lowest BCUT2D eigenvalue weighted by molar-refractivity contribution is -0.115. The van der Waals surface area contributed by atoms with Crippen molar-refractivity contribution in [3.8, 4) is 0 Å². The molecule has 3 rings (SSSR count). The van der Waals surface area contributed by atoms with E-state index in [0.717, 1.165) is 4.47 Å². The SMILES string of the molecule is O=C(CNC(=O)c1ccc(S(=O)(=O)Nc2ccccc2)cc1)Nc1ccccc1Br. The molecule has 9 heteroatoms. The van der Waals surface area contributed by atoms with Gasteiger partial charge in [0.1, 0.15) is 0 Å². The Morgan fingerprint density at radius 1 is 0.833 bits per heavy atom. The summed E-state index contributed by atoms with van der Waals surface area (Å²) in [6.07, 6.45) is 0. The van der Waals surface area contributed by atoms with Crippen molar-refractivity contribution in [2.75, 3.05) is 16.6 Å². The Morgan fingerprint density at radius 3 is 2.13 bits per heavy atom. The molecule has 2 amide bonds. The average molecular weight is 488 g/mol. The van der Waals surface area contributed by atoms with Crippen molar-refractivity contribution in [1.29, 1.82) is 0 Å². The van der Waals surface area contributed by atoms with Crippen molar-refractivity contribution < 1.29 is 18.0 Å². The largest absolute Gasteiger partial charge is 0.343 e. The highest BCUT2D eigenvalue weighted by Gasteiger charge is 2.15. The number of nitrogens with one attached hydrogen (secondary N) is 3. The van der Waals surface area contributed by atoms with E-state index in [2.05, 4.69) is 31.3 Å². The standard InChI is InChI=1S/C21H18BrN3O4S/c22-18-8-4-5-9-19(18)24-20(26)14-23-21(27)15-10-12-17(13-11-15)30(28,29)25-16-6-2-1-3-7-16/h1-13,25H,14H2,(H,23,27)(H,24,26). The fourth-order valence-electron chi connectivity index (χ4n) is 2.53. The number of halogens is 1. The van der Waals surface area contributed by atoms with Gasteiger partial charge in [0.25, 0.3) is 15.9 Å². The van der Waals surface area contributed by atoms with E-state index in [4.69, 9.17) is 0 Å². The Bertz CT molecular complexity index is 1150. The molecule has 30 heavy (non-hydrogen) atoms. The number of benzene rings is 3. The molecule has 0 aliphatic heterocycles. The molecule has 0 saturated heterocycles. The van der Waals surface area contributed by atoms with Gasteiger partial charge in [-0.2, -0.15) is 0 Å². The predicted octanol–water partition coefficient (Wildman–Crippen LogP) is 3.62. The molecule has 0 atom stereocenters. The summed E-state index contributed by atoms with van der Waals surface area (Å²) < 4.78 is 28.1. The summed E-state index contributed by atoms with van der Waals surface area (Å²) in [7, 11) is -3.77. The zero-order valence-electron chi connectivity index (χ0n) is 15.6. The second-order valence-corrected chi connectivity index (χ2v) is 8.74. The summed E-state index contributed by atoms with van der Waals surface area (Å²) in [5.74, 6) is -0.876. The summed E-state index contributed by atoms with van der Waals surface area (Å²) >= 11 is 3.33. The van der Waals surface area contributed by atoms with Crippen LogP contribution in [0.1, 0.15) is 10.4 Å². The van der Waals surface area contributed by atoms with Gasteiger partial charge in [-0.1, -0.05) is 30.3 Å². The van der Waals surface area contributed by atoms with Crippen LogP contribution in [0.5, 0.6) is 0 Å². The first kappa shape index (κ1) is 21.5. The Kier molecular flexibility index (Phi) is 6.86. The van der Waals surface area contributed by atoms with Gasteiger partial charge in [-0.3, -0.25) is 14.3 Å².